The average molecular weight is 337 g/mol. The third-order valence-electron chi connectivity index (χ3n) is 4.23. The molecule has 0 bridgehead atoms. The van der Waals surface area contributed by atoms with Crippen LogP contribution in [0.5, 0.6) is 11.5 Å². The van der Waals surface area contributed by atoms with E-state index in [1.807, 2.05) is 30.3 Å². The fourth-order valence-corrected chi connectivity index (χ4v) is 2.84. The molecule has 4 heteroatoms. The molecule has 4 nitrogen and oxygen atoms in total. The standard InChI is InChI=1S/C21H23NO3/c1-15-4-6-18(16(2)12-15)7-9-21(23)22(3)14-17-5-8-19-20(13-17)25-11-10-24-19/h4-9,12-13H,10-11,14H2,1-3H3/b9-7+. The second-order valence-corrected chi connectivity index (χ2v) is 6.37. The number of ether oxygens (including phenoxy) is 2. The van der Waals surface area contributed by atoms with Crippen LogP contribution in [-0.2, 0) is 11.3 Å². The normalized spacial score (nSPS) is 13.1. The molecule has 1 aliphatic rings. The predicted octanol–water partition coefficient (Wildman–Crippen LogP) is 3.75. The SMILES string of the molecule is Cc1ccc(/C=C/C(=O)N(C)Cc2ccc3c(c2)OCCO3)c(C)c1. The van der Waals surface area contributed by atoms with E-state index in [0.717, 1.165) is 22.6 Å². The van der Waals surface area contributed by atoms with E-state index in [4.69, 9.17) is 9.47 Å². The van der Waals surface area contributed by atoms with Gasteiger partial charge in [0.15, 0.2) is 11.5 Å². The molecule has 0 saturated heterocycles. The first kappa shape index (κ1) is 17.1. The quantitative estimate of drug-likeness (QED) is 0.798. The van der Waals surface area contributed by atoms with Crippen molar-refractivity contribution < 1.29 is 14.3 Å². The van der Waals surface area contributed by atoms with Gasteiger partial charge < -0.3 is 14.4 Å². The third kappa shape index (κ3) is 4.21. The summed E-state index contributed by atoms with van der Waals surface area (Å²) in [6, 6.07) is 12.0. The van der Waals surface area contributed by atoms with E-state index >= 15 is 0 Å². The molecular formula is C21H23NO3. The van der Waals surface area contributed by atoms with E-state index in [9.17, 15) is 4.79 Å². The van der Waals surface area contributed by atoms with E-state index in [1.54, 1.807) is 18.0 Å². The summed E-state index contributed by atoms with van der Waals surface area (Å²) in [6.45, 7) is 5.77. The van der Waals surface area contributed by atoms with E-state index in [1.165, 1.54) is 11.1 Å². The molecule has 0 unspecified atom stereocenters. The Bertz CT molecular complexity index is 811. The number of carbonyl (C=O) groups excluding carboxylic acids is 1. The molecule has 0 atom stereocenters. The molecule has 0 spiro atoms. The van der Waals surface area contributed by atoms with Gasteiger partial charge in [0.05, 0.1) is 0 Å². The molecule has 1 aliphatic heterocycles. The molecule has 130 valence electrons. The lowest BCUT2D eigenvalue weighted by molar-refractivity contribution is -0.125. The molecule has 2 aromatic rings. The number of amides is 1. The molecule has 2 aromatic carbocycles. The van der Waals surface area contributed by atoms with Gasteiger partial charge in [-0.15, -0.1) is 0 Å². The highest BCUT2D eigenvalue weighted by Gasteiger charge is 2.13. The van der Waals surface area contributed by atoms with Crippen molar-refractivity contribution in [1.82, 2.24) is 4.90 Å². The number of likely N-dealkylation sites (N-methyl/N-ethyl adjacent to an activating group) is 1. The topological polar surface area (TPSA) is 38.8 Å². The minimum Gasteiger partial charge on any atom is -0.486 e. The Balaban J connectivity index is 1.65. The molecule has 1 amide bonds. The van der Waals surface area contributed by atoms with E-state index < -0.39 is 0 Å². The summed E-state index contributed by atoms with van der Waals surface area (Å²) in [5.41, 5.74) is 4.46. The molecule has 0 saturated carbocycles. The molecule has 0 aliphatic carbocycles. The van der Waals surface area contributed by atoms with Gasteiger partial charge in [-0.2, -0.15) is 0 Å². The van der Waals surface area contributed by atoms with Crippen molar-refractivity contribution in [3.05, 3.63) is 64.7 Å². The van der Waals surface area contributed by atoms with Crippen molar-refractivity contribution in [2.24, 2.45) is 0 Å². The maximum absolute atomic E-state index is 12.4. The Morgan fingerprint density at radius 3 is 2.60 bits per heavy atom. The van der Waals surface area contributed by atoms with Crippen LogP contribution in [0.3, 0.4) is 0 Å². The summed E-state index contributed by atoms with van der Waals surface area (Å²) >= 11 is 0. The lowest BCUT2D eigenvalue weighted by Crippen LogP contribution is -2.24. The van der Waals surface area contributed by atoms with Crippen molar-refractivity contribution >= 4 is 12.0 Å². The van der Waals surface area contributed by atoms with Crippen molar-refractivity contribution in [2.45, 2.75) is 20.4 Å². The lowest BCUT2D eigenvalue weighted by Gasteiger charge is -2.20. The van der Waals surface area contributed by atoms with Crippen LogP contribution in [0.25, 0.3) is 6.08 Å². The van der Waals surface area contributed by atoms with Crippen LogP contribution < -0.4 is 9.47 Å². The molecule has 1 heterocycles. The summed E-state index contributed by atoms with van der Waals surface area (Å²) in [4.78, 5) is 14.1. The highest BCUT2D eigenvalue weighted by molar-refractivity contribution is 5.91. The van der Waals surface area contributed by atoms with Gasteiger partial charge in [0.25, 0.3) is 0 Å². The van der Waals surface area contributed by atoms with Gasteiger partial charge in [-0.1, -0.05) is 29.8 Å². The van der Waals surface area contributed by atoms with E-state index in [-0.39, 0.29) is 5.91 Å². The van der Waals surface area contributed by atoms with E-state index in [0.29, 0.717) is 19.8 Å². The van der Waals surface area contributed by atoms with Crippen molar-refractivity contribution in [1.29, 1.82) is 0 Å². The minimum absolute atomic E-state index is 0.0325. The number of carbonyl (C=O) groups is 1. The van der Waals surface area contributed by atoms with Crippen LogP contribution in [0.1, 0.15) is 22.3 Å². The summed E-state index contributed by atoms with van der Waals surface area (Å²) in [5, 5.41) is 0. The second kappa shape index (κ2) is 7.43. The Hall–Kier alpha value is -2.75. The number of rotatable bonds is 4. The first-order valence-electron chi connectivity index (χ1n) is 8.42. The fourth-order valence-electron chi connectivity index (χ4n) is 2.84. The van der Waals surface area contributed by atoms with Crippen LogP contribution in [-0.4, -0.2) is 31.1 Å². The van der Waals surface area contributed by atoms with Crippen LogP contribution in [0, 0.1) is 13.8 Å². The fraction of sp³-hybridized carbons (Fsp3) is 0.286. The minimum atomic E-state index is -0.0325. The summed E-state index contributed by atoms with van der Waals surface area (Å²) < 4.78 is 11.1. The number of aryl methyl sites for hydroxylation is 2. The zero-order chi connectivity index (χ0) is 17.8. The van der Waals surface area contributed by atoms with Crippen molar-refractivity contribution in [2.75, 3.05) is 20.3 Å². The van der Waals surface area contributed by atoms with Gasteiger partial charge in [-0.05, 0) is 48.7 Å². The van der Waals surface area contributed by atoms with E-state index in [2.05, 4.69) is 26.0 Å². The van der Waals surface area contributed by atoms with Crippen LogP contribution in [0.2, 0.25) is 0 Å². The zero-order valence-electron chi connectivity index (χ0n) is 14.9. The number of hydrogen-bond donors (Lipinski definition) is 0. The third-order valence-corrected chi connectivity index (χ3v) is 4.23. The number of benzene rings is 2. The number of fused-ring (bicyclic) bond motifs is 1. The molecule has 0 radical (unpaired) electrons. The monoisotopic (exact) mass is 337 g/mol. The molecular weight excluding hydrogens is 314 g/mol. The maximum Gasteiger partial charge on any atom is 0.246 e. The summed E-state index contributed by atoms with van der Waals surface area (Å²) in [5.74, 6) is 1.48. The highest BCUT2D eigenvalue weighted by Crippen LogP contribution is 2.31. The highest BCUT2D eigenvalue weighted by atomic mass is 16.6. The average Bonchev–Trinajstić information content (AvgIpc) is 2.60. The Labute approximate surface area is 148 Å². The maximum atomic E-state index is 12.4. The van der Waals surface area contributed by atoms with Crippen molar-refractivity contribution in [3.8, 4) is 11.5 Å². The molecule has 25 heavy (non-hydrogen) atoms. The summed E-state index contributed by atoms with van der Waals surface area (Å²) in [6.07, 6.45) is 3.49. The molecule has 0 N–H and O–H groups in total. The van der Waals surface area contributed by atoms with Gasteiger partial charge in [0, 0.05) is 19.7 Å². The predicted molar refractivity (Wildman–Crippen MR) is 98.9 cm³/mol. The molecule has 0 fully saturated rings. The Morgan fingerprint density at radius 1 is 1.08 bits per heavy atom. The smallest absolute Gasteiger partial charge is 0.246 e. The Morgan fingerprint density at radius 2 is 1.84 bits per heavy atom. The van der Waals surface area contributed by atoms with Gasteiger partial charge in [-0.25, -0.2) is 0 Å². The Kier molecular flexibility index (Phi) is 5.08. The lowest BCUT2D eigenvalue weighted by atomic mass is 10.1. The van der Waals surface area contributed by atoms with Crippen LogP contribution >= 0.6 is 0 Å². The van der Waals surface area contributed by atoms with Crippen LogP contribution in [0.4, 0.5) is 0 Å². The second-order valence-electron chi connectivity index (χ2n) is 6.37. The zero-order valence-corrected chi connectivity index (χ0v) is 14.9. The first-order valence-corrected chi connectivity index (χ1v) is 8.42. The number of nitrogens with zero attached hydrogens (tertiary/aromatic N) is 1. The largest absolute Gasteiger partial charge is 0.486 e. The molecule has 0 aromatic heterocycles. The van der Waals surface area contributed by atoms with Gasteiger partial charge in [-0.3, -0.25) is 4.79 Å². The van der Waals surface area contributed by atoms with Crippen molar-refractivity contribution in [3.63, 3.8) is 0 Å². The van der Waals surface area contributed by atoms with Gasteiger partial charge in [0.1, 0.15) is 13.2 Å². The first-order chi connectivity index (χ1) is 12.0. The van der Waals surface area contributed by atoms with Gasteiger partial charge in [0.2, 0.25) is 5.91 Å². The summed E-state index contributed by atoms with van der Waals surface area (Å²) in [7, 11) is 1.80. The number of hydrogen-bond acceptors (Lipinski definition) is 3. The van der Waals surface area contributed by atoms with Crippen LogP contribution in [0.15, 0.2) is 42.5 Å². The van der Waals surface area contributed by atoms with Gasteiger partial charge >= 0.3 is 0 Å². The molecule has 3 rings (SSSR count).